The smallest absolute Gasteiger partial charge is 0.292 e. The molecular weight excluding hydrogens is 324 g/mol. The zero-order chi connectivity index (χ0) is 14.7. The number of piperazine rings is 1. The average Bonchev–Trinajstić information content (AvgIpc) is 2.46. The first-order chi connectivity index (χ1) is 9.52. The van der Waals surface area contributed by atoms with Gasteiger partial charge in [-0.25, -0.2) is 0 Å². The zero-order valence-electron chi connectivity index (χ0n) is 11.1. The van der Waals surface area contributed by atoms with Crippen molar-refractivity contribution in [1.82, 2.24) is 4.90 Å². The SMILES string of the molecule is CC(C#N)N1CCN(c2cc(Br)ccc2[N+](=O)[O-])CC1. The van der Waals surface area contributed by atoms with Crippen molar-refractivity contribution in [2.75, 3.05) is 31.1 Å². The van der Waals surface area contributed by atoms with E-state index in [4.69, 9.17) is 5.26 Å². The Kier molecular flexibility index (Phi) is 4.57. The van der Waals surface area contributed by atoms with Crippen molar-refractivity contribution in [3.05, 3.63) is 32.8 Å². The fourth-order valence-corrected chi connectivity index (χ4v) is 2.69. The molecule has 1 fully saturated rings. The normalized spacial score (nSPS) is 17.6. The number of nitro benzene ring substituents is 1. The zero-order valence-corrected chi connectivity index (χ0v) is 12.7. The van der Waals surface area contributed by atoms with Gasteiger partial charge in [-0.15, -0.1) is 0 Å². The fraction of sp³-hybridized carbons (Fsp3) is 0.462. The highest BCUT2D eigenvalue weighted by atomic mass is 79.9. The van der Waals surface area contributed by atoms with Crippen molar-refractivity contribution in [3.8, 4) is 6.07 Å². The first-order valence-corrected chi connectivity index (χ1v) is 7.15. The predicted molar refractivity (Wildman–Crippen MR) is 79.7 cm³/mol. The topological polar surface area (TPSA) is 73.4 Å². The van der Waals surface area contributed by atoms with E-state index in [1.54, 1.807) is 12.1 Å². The summed E-state index contributed by atoms with van der Waals surface area (Å²) in [5.41, 5.74) is 0.753. The van der Waals surface area contributed by atoms with E-state index >= 15 is 0 Å². The monoisotopic (exact) mass is 338 g/mol. The van der Waals surface area contributed by atoms with Gasteiger partial charge in [-0.1, -0.05) is 15.9 Å². The predicted octanol–water partition coefficient (Wildman–Crippen LogP) is 2.39. The van der Waals surface area contributed by atoms with Gasteiger partial charge >= 0.3 is 0 Å². The van der Waals surface area contributed by atoms with Crippen LogP contribution in [0.15, 0.2) is 22.7 Å². The van der Waals surface area contributed by atoms with Gasteiger partial charge < -0.3 is 4.90 Å². The van der Waals surface area contributed by atoms with Gasteiger partial charge in [-0.2, -0.15) is 5.26 Å². The van der Waals surface area contributed by atoms with E-state index < -0.39 is 0 Å². The van der Waals surface area contributed by atoms with Crippen LogP contribution in [0.2, 0.25) is 0 Å². The summed E-state index contributed by atoms with van der Waals surface area (Å²) in [7, 11) is 0. The summed E-state index contributed by atoms with van der Waals surface area (Å²) in [6, 6.07) is 7.08. The molecule has 0 amide bonds. The van der Waals surface area contributed by atoms with Crippen LogP contribution >= 0.6 is 15.9 Å². The van der Waals surface area contributed by atoms with Gasteiger partial charge in [0.1, 0.15) is 5.69 Å². The Bertz CT molecular complexity index is 550. The highest BCUT2D eigenvalue weighted by molar-refractivity contribution is 9.10. The van der Waals surface area contributed by atoms with E-state index in [0.29, 0.717) is 18.8 Å². The Balaban J connectivity index is 2.17. The van der Waals surface area contributed by atoms with E-state index in [1.165, 1.54) is 6.07 Å². The fourth-order valence-electron chi connectivity index (χ4n) is 2.34. The molecule has 1 aliphatic heterocycles. The molecular formula is C13H15BrN4O2. The molecule has 1 atom stereocenters. The molecule has 20 heavy (non-hydrogen) atoms. The summed E-state index contributed by atoms with van der Waals surface area (Å²) in [4.78, 5) is 14.8. The maximum Gasteiger partial charge on any atom is 0.292 e. The van der Waals surface area contributed by atoms with Crippen LogP contribution in [-0.4, -0.2) is 42.0 Å². The molecule has 0 N–H and O–H groups in total. The van der Waals surface area contributed by atoms with Crippen LogP contribution in [0.1, 0.15) is 6.92 Å². The summed E-state index contributed by atoms with van der Waals surface area (Å²) in [6.45, 7) is 4.71. The Morgan fingerprint density at radius 3 is 2.60 bits per heavy atom. The molecule has 106 valence electrons. The number of anilines is 1. The number of rotatable bonds is 3. The van der Waals surface area contributed by atoms with Crippen LogP contribution in [0.4, 0.5) is 11.4 Å². The molecule has 2 rings (SSSR count). The van der Waals surface area contributed by atoms with Crippen molar-refractivity contribution in [3.63, 3.8) is 0 Å². The van der Waals surface area contributed by atoms with Crippen LogP contribution in [0.3, 0.4) is 0 Å². The van der Waals surface area contributed by atoms with Crippen molar-refractivity contribution in [2.45, 2.75) is 13.0 Å². The van der Waals surface area contributed by atoms with Crippen molar-refractivity contribution >= 4 is 27.3 Å². The molecule has 0 aromatic heterocycles. The second-order valence-corrected chi connectivity index (χ2v) is 5.63. The molecule has 0 radical (unpaired) electrons. The number of hydrogen-bond acceptors (Lipinski definition) is 5. The molecule has 0 spiro atoms. The lowest BCUT2D eigenvalue weighted by Gasteiger charge is -2.36. The van der Waals surface area contributed by atoms with Gasteiger partial charge in [0.15, 0.2) is 0 Å². The number of nitrogens with zero attached hydrogens (tertiary/aromatic N) is 4. The lowest BCUT2D eigenvalue weighted by atomic mass is 10.2. The third kappa shape index (κ3) is 3.08. The number of halogens is 1. The van der Waals surface area contributed by atoms with E-state index in [9.17, 15) is 10.1 Å². The van der Waals surface area contributed by atoms with Gasteiger partial charge in [0.25, 0.3) is 5.69 Å². The minimum Gasteiger partial charge on any atom is -0.363 e. The van der Waals surface area contributed by atoms with Crippen molar-refractivity contribution in [1.29, 1.82) is 5.26 Å². The molecule has 1 aromatic carbocycles. The first kappa shape index (κ1) is 14.8. The van der Waals surface area contributed by atoms with E-state index in [-0.39, 0.29) is 16.7 Å². The van der Waals surface area contributed by atoms with Gasteiger partial charge in [-0.05, 0) is 19.1 Å². The van der Waals surface area contributed by atoms with Gasteiger partial charge in [0, 0.05) is 36.7 Å². The molecule has 1 saturated heterocycles. The van der Waals surface area contributed by atoms with Gasteiger partial charge in [-0.3, -0.25) is 15.0 Å². The Labute approximate surface area is 125 Å². The third-order valence-electron chi connectivity index (χ3n) is 3.52. The minimum atomic E-state index is -0.355. The van der Waals surface area contributed by atoms with E-state index in [2.05, 4.69) is 26.9 Å². The molecule has 0 saturated carbocycles. The standard InChI is InChI=1S/C13H15BrN4O2/c1-10(9-15)16-4-6-17(7-5-16)13-8-11(14)2-3-12(13)18(19)20/h2-3,8,10H,4-7H2,1H3. The first-order valence-electron chi connectivity index (χ1n) is 6.35. The van der Waals surface area contributed by atoms with Crippen LogP contribution in [0, 0.1) is 21.4 Å². The summed E-state index contributed by atoms with van der Waals surface area (Å²) in [5, 5.41) is 20.0. The quantitative estimate of drug-likeness (QED) is 0.624. The molecule has 6 nitrogen and oxygen atoms in total. The second kappa shape index (κ2) is 6.20. The second-order valence-electron chi connectivity index (χ2n) is 4.72. The summed E-state index contributed by atoms with van der Waals surface area (Å²) >= 11 is 3.36. The van der Waals surface area contributed by atoms with Crippen LogP contribution < -0.4 is 4.90 Å². The molecule has 7 heteroatoms. The summed E-state index contributed by atoms with van der Waals surface area (Å²) in [5.74, 6) is 0. The number of nitriles is 1. The molecule has 1 aromatic rings. The van der Waals surface area contributed by atoms with Crippen LogP contribution in [0.25, 0.3) is 0 Å². The molecule has 1 unspecified atom stereocenters. The van der Waals surface area contributed by atoms with Gasteiger partial charge in [0.05, 0.1) is 17.0 Å². The van der Waals surface area contributed by atoms with Crippen LogP contribution in [-0.2, 0) is 0 Å². The highest BCUT2D eigenvalue weighted by Gasteiger charge is 2.25. The average molecular weight is 339 g/mol. The van der Waals surface area contributed by atoms with Crippen molar-refractivity contribution in [2.24, 2.45) is 0 Å². The Hall–Kier alpha value is -1.65. The van der Waals surface area contributed by atoms with E-state index in [1.807, 2.05) is 11.8 Å². The van der Waals surface area contributed by atoms with Gasteiger partial charge in [0.2, 0.25) is 0 Å². The lowest BCUT2D eigenvalue weighted by molar-refractivity contribution is -0.384. The third-order valence-corrected chi connectivity index (χ3v) is 4.02. The maximum atomic E-state index is 11.1. The Morgan fingerprint density at radius 2 is 2.05 bits per heavy atom. The molecule has 1 heterocycles. The number of benzene rings is 1. The number of nitro groups is 1. The molecule has 0 aliphatic carbocycles. The number of hydrogen-bond donors (Lipinski definition) is 0. The Morgan fingerprint density at radius 1 is 1.40 bits per heavy atom. The molecule has 1 aliphatic rings. The summed E-state index contributed by atoms with van der Waals surface area (Å²) < 4.78 is 0.825. The van der Waals surface area contributed by atoms with Crippen molar-refractivity contribution < 1.29 is 4.92 Å². The maximum absolute atomic E-state index is 11.1. The lowest BCUT2D eigenvalue weighted by Crippen LogP contribution is -2.49. The van der Waals surface area contributed by atoms with Crippen LogP contribution in [0.5, 0.6) is 0 Å². The largest absolute Gasteiger partial charge is 0.363 e. The highest BCUT2D eigenvalue weighted by Crippen LogP contribution is 2.31. The minimum absolute atomic E-state index is 0.116. The van der Waals surface area contributed by atoms with E-state index in [0.717, 1.165) is 17.6 Å². The molecule has 0 bridgehead atoms. The summed E-state index contributed by atoms with van der Waals surface area (Å²) in [6.07, 6.45) is 0.